The van der Waals surface area contributed by atoms with Crippen LogP contribution in [0.2, 0.25) is 0 Å². The van der Waals surface area contributed by atoms with Crippen LogP contribution in [-0.2, 0) is 6.54 Å². The molecule has 1 N–H and O–H groups in total. The van der Waals surface area contributed by atoms with Gasteiger partial charge in [0.05, 0.1) is 22.9 Å². The average Bonchev–Trinajstić information content (AvgIpc) is 3.15. The van der Waals surface area contributed by atoms with Crippen LogP contribution in [0.25, 0.3) is 11.0 Å². The van der Waals surface area contributed by atoms with Gasteiger partial charge in [-0.3, -0.25) is 4.98 Å². The Labute approximate surface area is 108 Å². The number of hydrogen-bond acceptors (Lipinski definition) is 3. The molecule has 0 amide bonds. The van der Waals surface area contributed by atoms with Crippen LogP contribution in [0, 0.1) is 5.92 Å². The monoisotopic (exact) mass is 241 g/mol. The molecule has 1 aromatic carbocycles. The molecule has 2 aromatic rings. The smallest absolute Gasteiger partial charge is 0.0890 e. The Kier molecular flexibility index (Phi) is 3.24. The second-order valence-electron chi connectivity index (χ2n) is 5.12. The molecule has 3 heteroatoms. The topological polar surface area (TPSA) is 37.8 Å². The lowest BCUT2D eigenvalue weighted by Crippen LogP contribution is -2.18. The molecular formula is C15H19N3. The summed E-state index contributed by atoms with van der Waals surface area (Å²) in [4.78, 5) is 9.05. The highest BCUT2D eigenvalue weighted by Gasteiger charge is 2.35. The molecule has 0 radical (unpaired) electrons. The Morgan fingerprint density at radius 3 is 2.94 bits per heavy atom. The normalized spacial score (nSPS) is 22.3. The zero-order chi connectivity index (χ0) is 12.4. The third-order valence-electron chi connectivity index (χ3n) is 3.63. The first-order chi connectivity index (χ1) is 8.86. The molecule has 0 bridgehead atoms. The number of nitrogens with one attached hydrogen (secondary N) is 1. The molecule has 3 nitrogen and oxygen atoms in total. The molecule has 2 unspecified atom stereocenters. The van der Waals surface area contributed by atoms with E-state index in [1.807, 2.05) is 30.5 Å². The van der Waals surface area contributed by atoms with E-state index in [0.29, 0.717) is 6.04 Å². The third-order valence-corrected chi connectivity index (χ3v) is 3.63. The fraction of sp³-hybridized carbons (Fsp3) is 0.467. The van der Waals surface area contributed by atoms with Crippen LogP contribution in [-0.4, -0.2) is 16.0 Å². The molecule has 1 aromatic heterocycles. The summed E-state index contributed by atoms with van der Waals surface area (Å²) in [6.45, 7) is 3.09. The predicted molar refractivity (Wildman–Crippen MR) is 73.2 cm³/mol. The highest BCUT2D eigenvalue weighted by Crippen LogP contribution is 2.34. The molecule has 94 valence electrons. The van der Waals surface area contributed by atoms with Gasteiger partial charge in [0.15, 0.2) is 0 Å². The van der Waals surface area contributed by atoms with Gasteiger partial charge in [-0.05, 0) is 30.9 Å². The van der Waals surface area contributed by atoms with Gasteiger partial charge < -0.3 is 5.32 Å². The van der Waals surface area contributed by atoms with Gasteiger partial charge in [0, 0.05) is 12.6 Å². The van der Waals surface area contributed by atoms with Crippen LogP contribution < -0.4 is 5.32 Å². The Morgan fingerprint density at radius 1 is 1.28 bits per heavy atom. The number of nitrogens with zero attached hydrogens (tertiary/aromatic N) is 2. The molecule has 0 saturated heterocycles. The van der Waals surface area contributed by atoms with E-state index >= 15 is 0 Å². The Morgan fingerprint density at radius 2 is 2.11 bits per heavy atom. The van der Waals surface area contributed by atoms with Crippen LogP contribution in [0.15, 0.2) is 30.5 Å². The van der Waals surface area contributed by atoms with Crippen LogP contribution in [0.3, 0.4) is 0 Å². The van der Waals surface area contributed by atoms with Crippen molar-refractivity contribution in [1.82, 2.24) is 15.3 Å². The molecule has 1 aliphatic carbocycles. The van der Waals surface area contributed by atoms with Gasteiger partial charge in [0.25, 0.3) is 0 Å². The summed E-state index contributed by atoms with van der Waals surface area (Å²) in [5.74, 6) is 0.892. The molecule has 1 fully saturated rings. The largest absolute Gasteiger partial charge is 0.308 e. The van der Waals surface area contributed by atoms with Crippen molar-refractivity contribution in [1.29, 1.82) is 0 Å². The second-order valence-corrected chi connectivity index (χ2v) is 5.12. The van der Waals surface area contributed by atoms with Crippen LogP contribution in [0.4, 0.5) is 0 Å². The van der Waals surface area contributed by atoms with Gasteiger partial charge in [0.1, 0.15) is 0 Å². The molecule has 0 aliphatic heterocycles. The summed E-state index contributed by atoms with van der Waals surface area (Å²) >= 11 is 0. The van der Waals surface area contributed by atoms with Crippen LogP contribution in [0.1, 0.15) is 31.9 Å². The first kappa shape index (κ1) is 11.6. The summed E-state index contributed by atoms with van der Waals surface area (Å²) in [6.07, 6.45) is 5.85. The van der Waals surface area contributed by atoms with Crippen molar-refractivity contribution in [2.24, 2.45) is 5.92 Å². The molecule has 2 atom stereocenters. The molecule has 1 aliphatic rings. The summed E-state index contributed by atoms with van der Waals surface area (Å²) in [5.41, 5.74) is 2.99. The van der Waals surface area contributed by atoms with Crippen molar-refractivity contribution in [2.75, 3.05) is 0 Å². The Balaban J connectivity index is 1.61. The summed E-state index contributed by atoms with van der Waals surface area (Å²) < 4.78 is 0. The SMILES string of the molecule is CCCC1CC1NCc1cnc2ccccc2n1. The Bertz CT molecular complexity index is 538. The van der Waals surface area contributed by atoms with E-state index in [1.165, 1.54) is 19.3 Å². The average molecular weight is 241 g/mol. The number of aromatic nitrogens is 2. The van der Waals surface area contributed by atoms with E-state index in [2.05, 4.69) is 22.2 Å². The van der Waals surface area contributed by atoms with Crippen molar-refractivity contribution in [3.8, 4) is 0 Å². The standard InChI is InChI=1S/C15H19N3/c1-2-5-11-8-15(11)17-10-12-9-16-13-6-3-4-7-14(13)18-12/h3-4,6-7,9,11,15,17H,2,5,8,10H2,1H3. The lowest BCUT2D eigenvalue weighted by atomic mass is 10.2. The molecular weight excluding hydrogens is 222 g/mol. The number of benzene rings is 1. The number of fused-ring (bicyclic) bond motifs is 1. The minimum atomic E-state index is 0.707. The van der Waals surface area contributed by atoms with Crippen LogP contribution in [0.5, 0.6) is 0 Å². The van der Waals surface area contributed by atoms with Gasteiger partial charge >= 0.3 is 0 Å². The molecule has 1 heterocycles. The Hall–Kier alpha value is -1.48. The fourth-order valence-corrected chi connectivity index (χ4v) is 2.50. The van der Waals surface area contributed by atoms with Gasteiger partial charge in [-0.25, -0.2) is 4.98 Å². The number of rotatable bonds is 5. The molecule has 1 saturated carbocycles. The second kappa shape index (κ2) is 5.02. The van der Waals surface area contributed by atoms with E-state index in [9.17, 15) is 0 Å². The van der Waals surface area contributed by atoms with Crippen molar-refractivity contribution in [3.63, 3.8) is 0 Å². The summed E-state index contributed by atoms with van der Waals surface area (Å²) in [6, 6.07) is 8.72. The highest BCUT2D eigenvalue weighted by molar-refractivity contribution is 5.73. The zero-order valence-corrected chi connectivity index (χ0v) is 10.8. The lowest BCUT2D eigenvalue weighted by Gasteiger charge is -2.04. The van der Waals surface area contributed by atoms with E-state index in [0.717, 1.165) is 29.2 Å². The first-order valence-electron chi connectivity index (χ1n) is 6.81. The number of hydrogen-bond donors (Lipinski definition) is 1. The minimum absolute atomic E-state index is 0.707. The quantitative estimate of drug-likeness (QED) is 0.874. The van der Waals surface area contributed by atoms with Gasteiger partial charge in [0.2, 0.25) is 0 Å². The van der Waals surface area contributed by atoms with Gasteiger partial charge in [-0.15, -0.1) is 0 Å². The highest BCUT2D eigenvalue weighted by atomic mass is 15.0. The molecule has 18 heavy (non-hydrogen) atoms. The van der Waals surface area contributed by atoms with Crippen molar-refractivity contribution in [2.45, 2.75) is 38.8 Å². The minimum Gasteiger partial charge on any atom is -0.308 e. The molecule has 0 spiro atoms. The van der Waals surface area contributed by atoms with Crippen molar-refractivity contribution in [3.05, 3.63) is 36.2 Å². The maximum atomic E-state index is 4.62. The zero-order valence-electron chi connectivity index (χ0n) is 10.8. The van der Waals surface area contributed by atoms with E-state index in [4.69, 9.17) is 0 Å². The van der Waals surface area contributed by atoms with E-state index in [1.54, 1.807) is 0 Å². The maximum absolute atomic E-state index is 4.62. The number of para-hydroxylation sites is 2. The van der Waals surface area contributed by atoms with Gasteiger partial charge in [-0.2, -0.15) is 0 Å². The van der Waals surface area contributed by atoms with Gasteiger partial charge in [-0.1, -0.05) is 25.5 Å². The fourth-order valence-electron chi connectivity index (χ4n) is 2.50. The summed E-state index contributed by atoms with van der Waals surface area (Å²) in [7, 11) is 0. The maximum Gasteiger partial charge on any atom is 0.0890 e. The summed E-state index contributed by atoms with van der Waals surface area (Å²) in [5, 5.41) is 3.57. The van der Waals surface area contributed by atoms with Crippen molar-refractivity contribution < 1.29 is 0 Å². The lowest BCUT2D eigenvalue weighted by molar-refractivity contribution is 0.594. The van der Waals surface area contributed by atoms with Crippen LogP contribution >= 0.6 is 0 Å². The van der Waals surface area contributed by atoms with E-state index in [-0.39, 0.29) is 0 Å². The third kappa shape index (κ3) is 2.51. The van der Waals surface area contributed by atoms with E-state index < -0.39 is 0 Å². The predicted octanol–water partition coefficient (Wildman–Crippen LogP) is 2.91. The first-order valence-corrected chi connectivity index (χ1v) is 6.81. The molecule has 3 rings (SSSR count). The van der Waals surface area contributed by atoms with Crippen molar-refractivity contribution >= 4 is 11.0 Å².